The summed E-state index contributed by atoms with van der Waals surface area (Å²) in [6.45, 7) is 3.95. The molecule has 0 fully saturated rings. The van der Waals surface area contributed by atoms with E-state index in [0.29, 0.717) is 19.7 Å². The van der Waals surface area contributed by atoms with Gasteiger partial charge >= 0.3 is 0 Å². The van der Waals surface area contributed by atoms with Gasteiger partial charge < -0.3 is 10.1 Å². The SMILES string of the molecule is CCOc1cccc(CNCc2cc(F)ccc2Br)c1. The zero-order chi connectivity index (χ0) is 14.4. The number of nitrogens with one attached hydrogen (secondary N) is 1. The van der Waals surface area contributed by atoms with Crippen molar-refractivity contribution in [3.05, 3.63) is 63.9 Å². The van der Waals surface area contributed by atoms with Gasteiger partial charge in [0.05, 0.1) is 6.61 Å². The molecule has 0 saturated heterocycles. The molecule has 2 aromatic carbocycles. The first-order valence-corrected chi connectivity index (χ1v) is 7.34. The summed E-state index contributed by atoms with van der Waals surface area (Å²) in [7, 11) is 0. The lowest BCUT2D eigenvalue weighted by Gasteiger charge is -2.09. The highest BCUT2D eigenvalue weighted by atomic mass is 79.9. The quantitative estimate of drug-likeness (QED) is 0.849. The predicted molar refractivity (Wildman–Crippen MR) is 82.3 cm³/mol. The van der Waals surface area contributed by atoms with Crippen LogP contribution in [-0.2, 0) is 13.1 Å². The Morgan fingerprint density at radius 1 is 1.15 bits per heavy atom. The molecule has 0 saturated carbocycles. The number of hydrogen-bond acceptors (Lipinski definition) is 2. The van der Waals surface area contributed by atoms with Gasteiger partial charge in [-0.1, -0.05) is 28.1 Å². The Morgan fingerprint density at radius 3 is 2.80 bits per heavy atom. The van der Waals surface area contributed by atoms with Crippen LogP contribution in [0.25, 0.3) is 0 Å². The van der Waals surface area contributed by atoms with Gasteiger partial charge in [-0.2, -0.15) is 0 Å². The molecule has 0 unspecified atom stereocenters. The van der Waals surface area contributed by atoms with Crippen LogP contribution in [0.5, 0.6) is 5.75 Å². The van der Waals surface area contributed by atoms with Crippen LogP contribution in [0.15, 0.2) is 46.9 Å². The molecule has 2 rings (SSSR count). The van der Waals surface area contributed by atoms with Crippen molar-refractivity contribution in [1.82, 2.24) is 5.32 Å². The molecule has 0 aromatic heterocycles. The minimum Gasteiger partial charge on any atom is -0.494 e. The Labute approximate surface area is 127 Å². The maximum absolute atomic E-state index is 13.2. The van der Waals surface area contributed by atoms with Gasteiger partial charge in [-0.25, -0.2) is 4.39 Å². The van der Waals surface area contributed by atoms with Crippen LogP contribution in [0.1, 0.15) is 18.1 Å². The van der Waals surface area contributed by atoms with Crippen molar-refractivity contribution in [1.29, 1.82) is 0 Å². The number of ether oxygens (including phenoxy) is 1. The Bertz CT molecular complexity index is 574. The van der Waals surface area contributed by atoms with Crippen molar-refractivity contribution in [2.75, 3.05) is 6.61 Å². The van der Waals surface area contributed by atoms with Gasteiger partial charge in [0.15, 0.2) is 0 Å². The normalized spacial score (nSPS) is 10.6. The zero-order valence-electron chi connectivity index (χ0n) is 11.3. The summed E-state index contributed by atoms with van der Waals surface area (Å²) in [6.07, 6.45) is 0. The molecular weight excluding hydrogens is 321 g/mol. The van der Waals surface area contributed by atoms with Crippen molar-refractivity contribution < 1.29 is 9.13 Å². The summed E-state index contributed by atoms with van der Waals surface area (Å²) in [5, 5.41) is 3.30. The van der Waals surface area contributed by atoms with Gasteiger partial charge in [-0.3, -0.25) is 0 Å². The van der Waals surface area contributed by atoms with Crippen LogP contribution >= 0.6 is 15.9 Å². The van der Waals surface area contributed by atoms with Crippen molar-refractivity contribution in [3.8, 4) is 5.75 Å². The monoisotopic (exact) mass is 337 g/mol. The third kappa shape index (κ3) is 4.32. The predicted octanol–water partition coefficient (Wildman–Crippen LogP) is 4.28. The standard InChI is InChI=1S/C16H17BrFNO/c1-2-20-15-5-3-4-12(8-15)10-19-11-13-9-14(18)6-7-16(13)17/h3-9,19H,2,10-11H2,1H3. The van der Waals surface area contributed by atoms with Crippen molar-refractivity contribution in [2.24, 2.45) is 0 Å². The van der Waals surface area contributed by atoms with E-state index in [0.717, 1.165) is 21.3 Å². The Kier molecular flexibility index (Phi) is 5.56. The average molecular weight is 338 g/mol. The Balaban J connectivity index is 1.92. The van der Waals surface area contributed by atoms with Gasteiger partial charge in [0.25, 0.3) is 0 Å². The maximum Gasteiger partial charge on any atom is 0.123 e. The van der Waals surface area contributed by atoms with Crippen LogP contribution in [0.2, 0.25) is 0 Å². The lowest BCUT2D eigenvalue weighted by Crippen LogP contribution is -2.13. The highest BCUT2D eigenvalue weighted by Gasteiger charge is 2.02. The molecule has 0 amide bonds. The molecule has 0 heterocycles. The van der Waals surface area contributed by atoms with Crippen molar-refractivity contribution >= 4 is 15.9 Å². The van der Waals surface area contributed by atoms with E-state index in [4.69, 9.17) is 4.74 Å². The van der Waals surface area contributed by atoms with Crippen LogP contribution in [-0.4, -0.2) is 6.61 Å². The number of hydrogen-bond donors (Lipinski definition) is 1. The summed E-state index contributed by atoms with van der Waals surface area (Å²) in [4.78, 5) is 0. The van der Waals surface area contributed by atoms with E-state index in [2.05, 4.69) is 21.2 Å². The first-order valence-electron chi connectivity index (χ1n) is 6.55. The average Bonchev–Trinajstić information content (AvgIpc) is 2.43. The minimum absolute atomic E-state index is 0.219. The van der Waals surface area contributed by atoms with Crippen LogP contribution in [0.3, 0.4) is 0 Å². The molecule has 4 heteroatoms. The fraction of sp³-hybridized carbons (Fsp3) is 0.250. The molecular formula is C16H17BrFNO. The van der Waals surface area contributed by atoms with Crippen LogP contribution < -0.4 is 10.1 Å². The van der Waals surface area contributed by atoms with Gasteiger partial charge in [-0.15, -0.1) is 0 Å². The minimum atomic E-state index is -0.219. The molecule has 0 aliphatic rings. The Morgan fingerprint density at radius 2 is 2.00 bits per heavy atom. The van der Waals surface area contributed by atoms with E-state index in [9.17, 15) is 4.39 Å². The zero-order valence-corrected chi connectivity index (χ0v) is 12.9. The lowest BCUT2D eigenvalue weighted by atomic mass is 10.2. The summed E-state index contributed by atoms with van der Waals surface area (Å²) < 4.78 is 19.5. The van der Waals surface area contributed by atoms with E-state index in [-0.39, 0.29) is 5.82 Å². The summed E-state index contributed by atoms with van der Waals surface area (Å²) in [5.74, 6) is 0.655. The molecule has 0 radical (unpaired) electrons. The molecule has 0 bridgehead atoms. The van der Waals surface area contributed by atoms with Gasteiger partial charge in [-0.05, 0) is 48.4 Å². The fourth-order valence-electron chi connectivity index (χ4n) is 1.93. The fourth-order valence-corrected chi connectivity index (χ4v) is 2.32. The van der Waals surface area contributed by atoms with Gasteiger partial charge in [0.1, 0.15) is 11.6 Å². The third-order valence-electron chi connectivity index (χ3n) is 2.86. The molecule has 2 aromatic rings. The van der Waals surface area contributed by atoms with E-state index >= 15 is 0 Å². The maximum atomic E-state index is 13.2. The number of halogens is 2. The largest absolute Gasteiger partial charge is 0.494 e. The summed E-state index contributed by atoms with van der Waals surface area (Å²) >= 11 is 3.42. The molecule has 106 valence electrons. The smallest absolute Gasteiger partial charge is 0.123 e. The highest BCUT2D eigenvalue weighted by molar-refractivity contribution is 9.10. The number of rotatable bonds is 6. The molecule has 0 aliphatic carbocycles. The second-order valence-corrected chi connectivity index (χ2v) is 5.27. The second kappa shape index (κ2) is 7.41. The van der Waals surface area contributed by atoms with E-state index < -0.39 is 0 Å². The molecule has 0 atom stereocenters. The third-order valence-corrected chi connectivity index (χ3v) is 3.64. The van der Waals surface area contributed by atoms with Crippen molar-refractivity contribution in [3.63, 3.8) is 0 Å². The van der Waals surface area contributed by atoms with E-state index in [1.165, 1.54) is 12.1 Å². The molecule has 1 N–H and O–H groups in total. The number of benzene rings is 2. The molecule has 0 aliphatic heterocycles. The lowest BCUT2D eigenvalue weighted by molar-refractivity contribution is 0.340. The molecule has 0 spiro atoms. The highest BCUT2D eigenvalue weighted by Crippen LogP contribution is 2.18. The van der Waals surface area contributed by atoms with E-state index in [1.54, 1.807) is 6.07 Å². The Hall–Kier alpha value is -1.39. The van der Waals surface area contributed by atoms with Crippen LogP contribution in [0.4, 0.5) is 4.39 Å². The van der Waals surface area contributed by atoms with Crippen LogP contribution in [0, 0.1) is 5.82 Å². The molecule has 2 nitrogen and oxygen atoms in total. The molecule has 20 heavy (non-hydrogen) atoms. The van der Waals surface area contributed by atoms with Gasteiger partial charge in [0.2, 0.25) is 0 Å². The van der Waals surface area contributed by atoms with Gasteiger partial charge in [0, 0.05) is 17.6 Å². The van der Waals surface area contributed by atoms with E-state index in [1.807, 2.05) is 31.2 Å². The first-order chi connectivity index (χ1) is 9.69. The second-order valence-electron chi connectivity index (χ2n) is 4.42. The van der Waals surface area contributed by atoms with Crippen molar-refractivity contribution in [2.45, 2.75) is 20.0 Å². The summed E-state index contributed by atoms with van der Waals surface area (Å²) in [5.41, 5.74) is 2.05. The topological polar surface area (TPSA) is 21.3 Å². The summed E-state index contributed by atoms with van der Waals surface area (Å²) in [6, 6.07) is 12.7. The first kappa shape index (κ1) is 15.0.